The number of H-pyrrole nitrogens is 1. The minimum Gasteiger partial charge on any atom is -0.497 e. The summed E-state index contributed by atoms with van der Waals surface area (Å²) in [7, 11) is 1.65. The van der Waals surface area contributed by atoms with E-state index in [1.807, 2.05) is 59.4 Å². The summed E-state index contributed by atoms with van der Waals surface area (Å²) in [5.74, 6) is 0.804. The molecule has 0 amide bonds. The topological polar surface area (TPSA) is 72.8 Å². The van der Waals surface area contributed by atoms with E-state index in [4.69, 9.17) is 4.74 Å². The van der Waals surface area contributed by atoms with Crippen LogP contribution in [0, 0.1) is 0 Å². The van der Waals surface area contributed by atoms with Gasteiger partial charge in [-0.1, -0.05) is 30.3 Å². The van der Waals surface area contributed by atoms with Crippen LogP contribution in [-0.4, -0.2) is 32.9 Å². The number of carbonyl (C=O) groups is 1. The van der Waals surface area contributed by atoms with Gasteiger partial charge in [-0.3, -0.25) is 14.6 Å². The Morgan fingerprint density at radius 2 is 1.92 bits per heavy atom. The molecule has 1 N–H and O–H groups in total. The Hall–Kier alpha value is -3.41. The maximum atomic E-state index is 12.6. The number of Topliss-reactive ketones (excluding diaryl/α,β-unsaturated/α-hetero) is 1. The highest BCUT2D eigenvalue weighted by Crippen LogP contribution is 2.17. The van der Waals surface area contributed by atoms with Crippen molar-refractivity contribution in [1.29, 1.82) is 0 Å². The standard InChI is InChI=1S/C20H18N4O2/c1-26-16-8-6-14(7-9-16)12-24-13-15(11-21-24)10-19(25)20-17-4-2-3-5-18(17)22-23-20/h2-9,11,13H,10,12H2,1H3,(H,22,23). The van der Waals surface area contributed by atoms with Crippen molar-refractivity contribution in [3.8, 4) is 5.75 Å². The first-order chi connectivity index (χ1) is 12.7. The SMILES string of the molecule is COc1ccc(Cn2cc(CC(=O)c3n[nH]c4ccccc34)cn2)cc1. The van der Waals surface area contributed by atoms with Crippen molar-refractivity contribution in [3.63, 3.8) is 0 Å². The number of methoxy groups -OCH3 is 1. The van der Waals surface area contributed by atoms with Crippen LogP contribution >= 0.6 is 0 Å². The third-order valence-electron chi connectivity index (χ3n) is 4.29. The van der Waals surface area contributed by atoms with E-state index >= 15 is 0 Å². The van der Waals surface area contributed by atoms with Crippen LogP contribution < -0.4 is 4.74 Å². The van der Waals surface area contributed by atoms with Gasteiger partial charge in [0.2, 0.25) is 0 Å². The molecule has 0 aliphatic heterocycles. The fourth-order valence-corrected chi connectivity index (χ4v) is 2.95. The largest absolute Gasteiger partial charge is 0.497 e. The average molecular weight is 346 g/mol. The number of rotatable bonds is 6. The van der Waals surface area contributed by atoms with Crippen molar-refractivity contribution < 1.29 is 9.53 Å². The molecule has 4 rings (SSSR count). The number of nitrogens with zero attached hydrogens (tertiary/aromatic N) is 3. The number of ketones is 1. The highest BCUT2D eigenvalue weighted by atomic mass is 16.5. The Balaban J connectivity index is 1.46. The number of benzene rings is 2. The fraction of sp³-hybridized carbons (Fsp3) is 0.150. The van der Waals surface area contributed by atoms with Crippen LogP contribution in [0.5, 0.6) is 5.75 Å². The first kappa shape index (κ1) is 16.1. The smallest absolute Gasteiger partial charge is 0.188 e. The van der Waals surface area contributed by atoms with Crippen molar-refractivity contribution in [3.05, 3.63) is 77.7 Å². The van der Waals surface area contributed by atoms with Crippen molar-refractivity contribution >= 4 is 16.7 Å². The van der Waals surface area contributed by atoms with Crippen molar-refractivity contribution in [2.75, 3.05) is 7.11 Å². The molecule has 0 atom stereocenters. The molecule has 2 heterocycles. The van der Waals surface area contributed by atoms with Gasteiger partial charge in [0, 0.05) is 18.0 Å². The summed E-state index contributed by atoms with van der Waals surface area (Å²) in [5, 5.41) is 12.3. The van der Waals surface area contributed by atoms with E-state index in [-0.39, 0.29) is 12.2 Å². The number of nitrogens with one attached hydrogen (secondary N) is 1. The highest BCUT2D eigenvalue weighted by molar-refractivity contribution is 6.06. The molecular formula is C20H18N4O2. The summed E-state index contributed by atoms with van der Waals surface area (Å²) in [5.41, 5.74) is 3.33. The number of hydrogen-bond acceptors (Lipinski definition) is 4. The summed E-state index contributed by atoms with van der Waals surface area (Å²) in [6.45, 7) is 0.642. The maximum absolute atomic E-state index is 12.6. The van der Waals surface area contributed by atoms with E-state index in [0.717, 1.165) is 27.8 Å². The van der Waals surface area contributed by atoms with Gasteiger partial charge in [-0.2, -0.15) is 10.2 Å². The first-order valence-corrected chi connectivity index (χ1v) is 8.33. The normalized spacial score (nSPS) is 11.0. The molecule has 0 saturated carbocycles. The Labute approximate surface area is 150 Å². The minimum absolute atomic E-state index is 0.0218. The monoisotopic (exact) mass is 346 g/mol. The Bertz CT molecular complexity index is 1050. The zero-order valence-electron chi connectivity index (χ0n) is 14.3. The van der Waals surface area contributed by atoms with Crippen LogP contribution in [0.1, 0.15) is 21.6 Å². The van der Waals surface area contributed by atoms with Gasteiger partial charge in [0.1, 0.15) is 11.4 Å². The second-order valence-electron chi connectivity index (χ2n) is 6.11. The van der Waals surface area contributed by atoms with Crippen LogP contribution in [0.15, 0.2) is 60.9 Å². The summed E-state index contributed by atoms with van der Waals surface area (Å²) in [6, 6.07) is 15.5. The van der Waals surface area contributed by atoms with Crippen LogP contribution in [0.25, 0.3) is 10.9 Å². The van der Waals surface area contributed by atoms with Gasteiger partial charge < -0.3 is 4.74 Å². The molecule has 0 unspecified atom stereocenters. The number of aromatic nitrogens is 4. The molecule has 2 aromatic carbocycles. The second kappa shape index (κ2) is 6.84. The number of aromatic amines is 1. The van der Waals surface area contributed by atoms with Crippen LogP contribution in [0.3, 0.4) is 0 Å². The lowest BCUT2D eigenvalue weighted by Crippen LogP contribution is -2.04. The van der Waals surface area contributed by atoms with Gasteiger partial charge in [-0.25, -0.2) is 0 Å². The predicted octanol–water partition coefficient (Wildman–Crippen LogP) is 3.24. The zero-order valence-corrected chi connectivity index (χ0v) is 14.3. The predicted molar refractivity (Wildman–Crippen MR) is 98.5 cm³/mol. The summed E-state index contributed by atoms with van der Waals surface area (Å²) >= 11 is 0. The third-order valence-corrected chi connectivity index (χ3v) is 4.29. The zero-order chi connectivity index (χ0) is 17.9. The number of carbonyl (C=O) groups excluding carboxylic acids is 1. The average Bonchev–Trinajstić information content (AvgIpc) is 3.29. The molecule has 0 fully saturated rings. The Kier molecular flexibility index (Phi) is 4.23. The number of para-hydroxylation sites is 1. The molecular weight excluding hydrogens is 328 g/mol. The Morgan fingerprint density at radius 3 is 2.73 bits per heavy atom. The van der Waals surface area contributed by atoms with E-state index < -0.39 is 0 Å². The van der Waals surface area contributed by atoms with Crippen molar-refractivity contribution in [1.82, 2.24) is 20.0 Å². The quantitative estimate of drug-likeness (QED) is 0.544. The second-order valence-corrected chi connectivity index (χ2v) is 6.11. The lowest BCUT2D eigenvalue weighted by molar-refractivity contribution is 0.0989. The molecule has 0 radical (unpaired) electrons. The van der Waals surface area contributed by atoms with Crippen molar-refractivity contribution in [2.45, 2.75) is 13.0 Å². The van der Waals surface area contributed by atoms with Crippen LogP contribution in [0.2, 0.25) is 0 Å². The Morgan fingerprint density at radius 1 is 1.12 bits per heavy atom. The molecule has 0 bridgehead atoms. The first-order valence-electron chi connectivity index (χ1n) is 8.33. The molecule has 4 aromatic rings. The number of hydrogen-bond donors (Lipinski definition) is 1. The van der Waals surface area contributed by atoms with Gasteiger partial charge in [-0.05, 0) is 29.3 Å². The van der Waals surface area contributed by atoms with Gasteiger partial charge >= 0.3 is 0 Å². The minimum atomic E-state index is -0.0218. The highest BCUT2D eigenvalue weighted by Gasteiger charge is 2.15. The molecule has 130 valence electrons. The van der Waals surface area contributed by atoms with E-state index in [1.165, 1.54) is 0 Å². The lowest BCUT2D eigenvalue weighted by Gasteiger charge is -2.03. The van der Waals surface area contributed by atoms with E-state index in [1.54, 1.807) is 13.3 Å². The summed E-state index contributed by atoms with van der Waals surface area (Å²) in [4.78, 5) is 12.6. The van der Waals surface area contributed by atoms with Crippen LogP contribution in [-0.2, 0) is 13.0 Å². The molecule has 6 heteroatoms. The van der Waals surface area contributed by atoms with E-state index in [2.05, 4.69) is 15.3 Å². The van der Waals surface area contributed by atoms with E-state index in [9.17, 15) is 4.79 Å². The van der Waals surface area contributed by atoms with Gasteiger partial charge in [0.05, 0.1) is 25.4 Å². The third kappa shape index (κ3) is 3.21. The number of fused-ring (bicyclic) bond motifs is 1. The molecule has 0 aliphatic carbocycles. The summed E-state index contributed by atoms with van der Waals surface area (Å²) < 4.78 is 6.99. The summed E-state index contributed by atoms with van der Waals surface area (Å²) in [6.07, 6.45) is 3.91. The van der Waals surface area contributed by atoms with Crippen LogP contribution in [0.4, 0.5) is 0 Å². The molecule has 0 spiro atoms. The van der Waals surface area contributed by atoms with Crippen molar-refractivity contribution in [2.24, 2.45) is 0 Å². The van der Waals surface area contributed by atoms with Gasteiger partial charge in [0.25, 0.3) is 0 Å². The van der Waals surface area contributed by atoms with Gasteiger partial charge in [-0.15, -0.1) is 0 Å². The molecule has 2 aromatic heterocycles. The maximum Gasteiger partial charge on any atom is 0.188 e. The lowest BCUT2D eigenvalue weighted by atomic mass is 10.1. The number of ether oxygens (including phenoxy) is 1. The van der Waals surface area contributed by atoms with E-state index in [0.29, 0.717) is 12.2 Å². The van der Waals surface area contributed by atoms with Gasteiger partial charge in [0.15, 0.2) is 5.78 Å². The fourth-order valence-electron chi connectivity index (χ4n) is 2.95. The molecule has 26 heavy (non-hydrogen) atoms. The molecule has 0 aliphatic rings. The molecule has 6 nitrogen and oxygen atoms in total. The molecule has 0 saturated heterocycles.